The number of aromatic amines is 1. The standard InChI is InChI=1S/C23H24FN5O.HI/c1-15-3-5-16(6-4-15)22-29-19(14-30-22)13-28-23(25-2)26-10-9-17-12-27-21-8-7-18(24)11-20(17)21;/h3-8,11-12,14,27H,9-10,13H2,1-2H3,(H2,25,26,28);1H. The number of fused-ring (bicyclic) bond motifs is 1. The second-order valence-electron chi connectivity index (χ2n) is 7.12. The van der Waals surface area contributed by atoms with Crippen LogP contribution in [0.15, 0.2) is 64.3 Å². The van der Waals surface area contributed by atoms with E-state index >= 15 is 0 Å². The molecule has 0 saturated heterocycles. The highest BCUT2D eigenvalue weighted by atomic mass is 127. The van der Waals surface area contributed by atoms with Gasteiger partial charge in [0, 0.05) is 36.3 Å². The van der Waals surface area contributed by atoms with E-state index in [1.54, 1.807) is 25.4 Å². The van der Waals surface area contributed by atoms with Crippen LogP contribution in [0.3, 0.4) is 0 Å². The van der Waals surface area contributed by atoms with Gasteiger partial charge in [-0.3, -0.25) is 4.99 Å². The summed E-state index contributed by atoms with van der Waals surface area (Å²) in [7, 11) is 1.72. The van der Waals surface area contributed by atoms with Gasteiger partial charge in [-0.15, -0.1) is 24.0 Å². The number of hydrogen-bond donors (Lipinski definition) is 3. The normalized spacial score (nSPS) is 11.4. The maximum Gasteiger partial charge on any atom is 0.226 e. The zero-order valence-corrected chi connectivity index (χ0v) is 19.7. The number of nitrogens with zero attached hydrogens (tertiary/aromatic N) is 2. The summed E-state index contributed by atoms with van der Waals surface area (Å²) < 4.78 is 19.1. The van der Waals surface area contributed by atoms with Crippen molar-refractivity contribution in [1.82, 2.24) is 20.6 Å². The first kappa shape index (κ1) is 22.8. The number of oxazole rings is 1. The molecule has 2 aromatic heterocycles. The van der Waals surface area contributed by atoms with Crippen molar-refractivity contribution in [2.45, 2.75) is 19.9 Å². The molecule has 2 heterocycles. The zero-order chi connectivity index (χ0) is 20.9. The second kappa shape index (κ2) is 10.4. The Hall–Kier alpha value is -2.88. The van der Waals surface area contributed by atoms with Crippen LogP contribution in [0.4, 0.5) is 4.39 Å². The average Bonchev–Trinajstić information content (AvgIpc) is 3.38. The fourth-order valence-corrected chi connectivity index (χ4v) is 3.28. The van der Waals surface area contributed by atoms with Gasteiger partial charge >= 0.3 is 0 Å². The van der Waals surface area contributed by atoms with Crippen molar-refractivity contribution in [1.29, 1.82) is 0 Å². The van der Waals surface area contributed by atoms with E-state index in [-0.39, 0.29) is 29.8 Å². The Bertz CT molecular complexity index is 1170. The summed E-state index contributed by atoms with van der Waals surface area (Å²) >= 11 is 0. The molecule has 2 aromatic carbocycles. The Morgan fingerprint density at radius 2 is 1.97 bits per heavy atom. The largest absolute Gasteiger partial charge is 0.444 e. The molecule has 8 heteroatoms. The fraction of sp³-hybridized carbons (Fsp3) is 0.217. The molecular weight excluding hydrogens is 508 g/mol. The van der Waals surface area contributed by atoms with E-state index in [4.69, 9.17) is 4.42 Å². The van der Waals surface area contributed by atoms with Gasteiger partial charge in [0.05, 0.1) is 12.2 Å². The molecule has 0 saturated carbocycles. The van der Waals surface area contributed by atoms with Crippen molar-refractivity contribution in [2.24, 2.45) is 4.99 Å². The van der Waals surface area contributed by atoms with Gasteiger partial charge in [-0.2, -0.15) is 0 Å². The third-order valence-corrected chi connectivity index (χ3v) is 4.93. The molecule has 0 aliphatic carbocycles. The lowest BCUT2D eigenvalue weighted by atomic mass is 10.1. The number of H-pyrrole nitrogens is 1. The number of benzene rings is 2. The van der Waals surface area contributed by atoms with Gasteiger partial charge in [0.2, 0.25) is 5.89 Å². The molecule has 6 nitrogen and oxygen atoms in total. The van der Waals surface area contributed by atoms with Gasteiger partial charge in [-0.05, 0) is 49.2 Å². The van der Waals surface area contributed by atoms with Gasteiger partial charge in [-0.1, -0.05) is 17.7 Å². The van der Waals surface area contributed by atoms with E-state index in [0.29, 0.717) is 24.9 Å². The Morgan fingerprint density at radius 1 is 1.16 bits per heavy atom. The smallest absolute Gasteiger partial charge is 0.226 e. The van der Waals surface area contributed by atoms with Crippen LogP contribution in [0.25, 0.3) is 22.4 Å². The molecule has 4 aromatic rings. The van der Waals surface area contributed by atoms with Gasteiger partial charge in [0.1, 0.15) is 12.1 Å². The van der Waals surface area contributed by atoms with Crippen LogP contribution in [-0.2, 0) is 13.0 Å². The molecule has 3 N–H and O–H groups in total. The second-order valence-corrected chi connectivity index (χ2v) is 7.12. The number of hydrogen-bond acceptors (Lipinski definition) is 3. The van der Waals surface area contributed by atoms with E-state index in [1.807, 2.05) is 37.4 Å². The Morgan fingerprint density at radius 3 is 2.74 bits per heavy atom. The van der Waals surface area contributed by atoms with E-state index < -0.39 is 0 Å². The first-order valence-electron chi connectivity index (χ1n) is 9.84. The van der Waals surface area contributed by atoms with Crippen LogP contribution in [0.2, 0.25) is 0 Å². The minimum atomic E-state index is -0.230. The third kappa shape index (κ3) is 5.63. The lowest BCUT2D eigenvalue weighted by Gasteiger charge is -2.10. The van der Waals surface area contributed by atoms with Gasteiger partial charge in [0.15, 0.2) is 5.96 Å². The van der Waals surface area contributed by atoms with Gasteiger partial charge in [-0.25, -0.2) is 9.37 Å². The Balaban J connectivity index is 0.00000272. The summed E-state index contributed by atoms with van der Waals surface area (Å²) in [6.07, 6.45) is 4.31. The Kier molecular flexibility index (Phi) is 7.67. The third-order valence-electron chi connectivity index (χ3n) is 4.93. The van der Waals surface area contributed by atoms with E-state index in [1.165, 1.54) is 11.6 Å². The maximum absolute atomic E-state index is 13.5. The molecule has 0 aliphatic rings. The minimum absolute atomic E-state index is 0. The highest BCUT2D eigenvalue weighted by Crippen LogP contribution is 2.20. The number of guanidine groups is 1. The highest BCUT2D eigenvalue weighted by Gasteiger charge is 2.08. The topological polar surface area (TPSA) is 78.2 Å². The lowest BCUT2D eigenvalue weighted by molar-refractivity contribution is 0.572. The molecule has 0 bridgehead atoms. The summed E-state index contributed by atoms with van der Waals surface area (Å²) in [6.45, 7) is 3.20. The highest BCUT2D eigenvalue weighted by molar-refractivity contribution is 14.0. The number of aliphatic imine (C=N–C) groups is 1. The molecule has 0 radical (unpaired) electrons. The van der Waals surface area contributed by atoms with Crippen LogP contribution in [-0.4, -0.2) is 29.5 Å². The van der Waals surface area contributed by atoms with Crippen LogP contribution < -0.4 is 10.6 Å². The number of aryl methyl sites for hydroxylation is 1. The first-order valence-corrected chi connectivity index (χ1v) is 9.84. The predicted molar refractivity (Wildman–Crippen MR) is 132 cm³/mol. The fourth-order valence-electron chi connectivity index (χ4n) is 3.28. The summed E-state index contributed by atoms with van der Waals surface area (Å²) in [5, 5.41) is 7.42. The predicted octanol–water partition coefficient (Wildman–Crippen LogP) is 4.80. The average molecular weight is 533 g/mol. The molecule has 0 spiro atoms. The minimum Gasteiger partial charge on any atom is -0.444 e. The summed E-state index contributed by atoms with van der Waals surface area (Å²) in [5.41, 5.74) is 4.93. The van der Waals surface area contributed by atoms with Crippen LogP contribution in [0.5, 0.6) is 0 Å². The maximum atomic E-state index is 13.5. The van der Waals surface area contributed by atoms with Gasteiger partial charge in [0.25, 0.3) is 0 Å². The van der Waals surface area contributed by atoms with E-state index in [2.05, 4.69) is 25.6 Å². The van der Waals surface area contributed by atoms with Crippen molar-refractivity contribution in [3.8, 4) is 11.5 Å². The SMILES string of the molecule is CN=C(NCCc1c[nH]c2ccc(F)cc12)NCc1coc(-c2ccc(C)cc2)n1.I. The summed E-state index contributed by atoms with van der Waals surface area (Å²) in [4.78, 5) is 11.9. The van der Waals surface area contributed by atoms with Gasteiger partial charge < -0.3 is 20.0 Å². The monoisotopic (exact) mass is 533 g/mol. The van der Waals surface area contributed by atoms with Crippen LogP contribution in [0.1, 0.15) is 16.8 Å². The van der Waals surface area contributed by atoms with Crippen molar-refractivity contribution in [3.63, 3.8) is 0 Å². The molecule has 0 atom stereocenters. The first-order chi connectivity index (χ1) is 14.6. The zero-order valence-electron chi connectivity index (χ0n) is 17.4. The number of nitrogens with one attached hydrogen (secondary N) is 3. The van der Waals surface area contributed by atoms with Crippen LogP contribution in [0, 0.1) is 12.7 Å². The van der Waals surface area contributed by atoms with E-state index in [0.717, 1.165) is 34.1 Å². The van der Waals surface area contributed by atoms with Crippen molar-refractivity contribution >= 4 is 40.8 Å². The number of aromatic nitrogens is 2. The molecule has 0 amide bonds. The molecule has 0 aliphatic heterocycles. The number of halogens is 2. The summed E-state index contributed by atoms with van der Waals surface area (Å²) in [5.74, 6) is 1.04. The molecule has 0 unspecified atom stereocenters. The lowest BCUT2D eigenvalue weighted by Crippen LogP contribution is -2.37. The van der Waals surface area contributed by atoms with E-state index in [9.17, 15) is 4.39 Å². The molecule has 4 rings (SSSR count). The van der Waals surface area contributed by atoms with Crippen LogP contribution >= 0.6 is 24.0 Å². The quantitative estimate of drug-likeness (QED) is 0.189. The number of rotatable bonds is 6. The molecule has 0 fully saturated rings. The molecular formula is C23H25FIN5O. The van der Waals surface area contributed by atoms with Crippen molar-refractivity contribution in [3.05, 3.63) is 77.6 Å². The van der Waals surface area contributed by atoms with Crippen molar-refractivity contribution in [2.75, 3.05) is 13.6 Å². The summed E-state index contributed by atoms with van der Waals surface area (Å²) in [6, 6.07) is 12.8. The van der Waals surface area contributed by atoms with Crippen molar-refractivity contribution < 1.29 is 8.81 Å². The molecule has 31 heavy (non-hydrogen) atoms. The Labute approximate surface area is 197 Å². The molecule has 162 valence electrons.